The van der Waals surface area contributed by atoms with E-state index in [1.54, 1.807) is 32.9 Å². The van der Waals surface area contributed by atoms with Gasteiger partial charge in [-0.25, -0.2) is 9.59 Å². The molecule has 0 fully saturated rings. The monoisotopic (exact) mass is 539 g/mol. The van der Waals surface area contributed by atoms with Crippen LogP contribution < -0.4 is 16.0 Å². The van der Waals surface area contributed by atoms with E-state index in [2.05, 4.69) is 20.7 Å². The molecule has 4 N–H and O–H groups in total. The third-order valence-corrected chi connectivity index (χ3v) is 5.13. The van der Waals surface area contributed by atoms with Gasteiger partial charge >= 0.3 is 12.1 Å². The maximum absolute atomic E-state index is 12.9. The molecule has 0 heterocycles. The predicted octanol–water partition coefficient (Wildman–Crippen LogP) is 3.43. The fraction of sp³-hybridized carbons (Fsp3) is 0.333. The molecule has 10 nitrogen and oxygen atoms in total. The normalized spacial score (nSPS) is 11.7. The highest BCUT2D eigenvalue weighted by molar-refractivity contribution is 6.40. The Kier molecular flexibility index (Phi) is 9.94. The summed E-state index contributed by atoms with van der Waals surface area (Å²) < 4.78 is 9.80. The first kappa shape index (κ1) is 28.7. The average molecular weight is 540 g/mol. The van der Waals surface area contributed by atoms with Gasteiger partial charge in [-0.1, -0.05) is 35.3 Å². The topological polar surface area (TPSA) is 143 Å². The van der Waals surface area contributed by atoms with E-state index in [0.717, 1.165) is 7.11 Å². The lowest BCUT2D eigenvalue weighted by Gasteiger charge is -2.22. The fourth-order valence-corrected chi connectivity index (χ4v) is 3.60. The molecule has 2 rings (SSSR count). The number of amides is 3. The van der Waals surface area contributed by atoms with E-state index < -0.39 is 35.5 Å². The summed E-state index contributed by atoms with van der Waals surface area (Å²) in [4.78, 5) is 49.4. The van der Waals surface area contributed by atoms with Crippen LogP contribution in [0.1, 0.15) is 47.1 Å². The summed E-state index contributed by atoms with van der Waals surface area (Å²) >= 11 is 12.5. The number of methoxy groups -OCH3 is 1. The molecule has 0 aromatic heterocycles. The van der Waals surface area contributed by atoms with Gasteiger partial charge < -0.3 is 30.5 Å². The van der Waals surface area contributed by atoms with Crippen LogP contribution in [0.5, 0.6) is 5.75 Å². The number of aromatic hydroxyl groups is 1. The number of hydrogen-bond acceptors (Lipinski definition) is 7. The second-order valence-electron chi connectivity index (χ2n) is 8.60. The summed E-state index contributed by atoms with van der Waals surface area (Å²) in [6.45, 7) is 4.83. The molecule has 0 bridgehead atoms. The van der Waals surface area contributed by atoms with Crippen LogP contribution >= 0.6 is 23.2 Å². The number of benzene rings is 2. The van der Waals surface area contributed by atoms with Crippen molar-refractivity contribution >= 4 is 47.1 Å². The second kappa shape index (κ2) is 12.5. The van der Waals surface area contributed by atoms with Gasteiger partial charge in [-0.05, 0) is 50.6 Å². The van der Waals surface area contributed by atoms with Gasteiger partial charge in [0.1, 0.15) is 17.4 Å². The van der Waals surface area contributed by atoms with E-state index in [1.807, 2.05) is 0 Å². The zero-order chi connectivity index (χ0) is 27.0. The molecule has 3 amide bonds. The number of ether oxygens (including phenoxy) is 2. The Labute approximate surface area is 218 Å². The van der Waals surface area contributed by atoms with E-state index in [9.17, 15) is 24.3 Å². The standard InChI is InChI=1S/C24H27Cl2N3O7/c1-24(2,3)36-23(34)28-12-18(22(33)35-4)29-21(32)19-16(25)9-14(10-17(19)26)20(31)27-11-13-6-5-7-15(30)8-13/h5-10,18,30H,11-12H2,1-4H3,(H,27,31)(H,28,34)(H,29,32)/t18-/m0/s1. The lowest BCUT2D eigenvalue weighted by molar-refractivity contribution is -0.142. The van der Waals surface area contributed by atoms with E-state index in [0.29, 0.717) is 5.56 Å². The zero-order valence-electron chi connectivity index (χ0n) is 20.1. The van der Waals surface area contributed by atoms with E-state index in [4.69, 9.17) is 27.9 Å². The minimum atomic E-state index is -1.27. The summed E-state index contributed by atoms with van der Waals surface area (Å²) in [5.74, 6) is -2.09. The number of carbonyl (C=O) groups excluding carboxylic acids is 4. The Hall–Kier alpha value is -3.50. The minimum Gasteiger partial charge on any atom is -0.508 e. The van der Waals surface area contributed by atoms with Crippen molar-refractivity contribution in [2.45, 2.75) is 39.0 Å². The average Bonchev–Trinajstić information content (AvgIpc) is 2.78. The Bertz CT molecular complexity index is 1130. The maximum Gasteiger partial charge on any atom is 0.407 e. The van der Waals surface area contributed by atoms with Crippen LogP contribution in [0, 0.1) is 0 Å². The molecule has 12 heteroatoms. The van der Waals surface area contributed by atoms with Crippen LogP contribution in [0.2, 0.25) is 10.0 Å². The zero-order valence-corrected chi connectivity index (χ0v) is 21.6. The molecule has 1 atom stereocenters. The summed E-state index contributed by atoms with van der Waals surface area (Å²) in [7, 11) is 1.12. The van der Waals surface area contributed by atoms with Gasteiger partial charge in [0.25, 0.3) is 11.8 Å². The first-order valence-corrected chi connectivity index (χ1v) is 11.5. The molecular formula is C24H27Cl2N3O7. The van der Waals surface area contributed by atoms with Crippen molar-refractivity contribution in [3.63, 3.8) is 0 Å². The summed E-state index contributed by atoms with van der Waals surface area (Å²) in [5, 5.41) is 16.7. The lowest BCUT2D eigenvalue weighted by atomic mass is 10.1. The number of nitrogens with one attached hydrogen (secondary N) is 3. The summed E-state index contributed by atoms with van der Waals surface area (Å²) in [6, 6.07) is 7.62. The number of phenols is 1. The quantitative estimate of drug-likeness (QED) is 0.376. The van der Waals surface area contributed by atoms with Gasteiger partial charge in [-0.15, -0.1) is 0 Å². The third kappa shape index (κ3) is 8.62. The number of alkyl carbamates (subject to hydrolysis) is 1. The SMILES string of the molecule is COC(=O)[C@H](CNC(=O)OC(C)(C)C)NC(=O)c1c(Cl)cc(C(=O)NCc2cccc(O)c2)cc1Cl. The number of carbonyl (C=O) groups is 4. The van der Waals surface area contributed by atoms with Crippen LogP contribution in [0.4, 0.5) is 4.79 Å². The maximum atomic E-state index is 12.9. The number of hydrogen-bond donors (Lipinski definition) is 4. The number of rotatable bonds is 8. The van der Waals surface area contributed by atoms with Crippen molar-refractivity contribution in [3.05, 3.63) is 63.1 Å². The first-order valence-electron chi connectivity index (χ1n) is 10.7. The smallest absolute Gasteiger partial charge is 0.407 e. The van der Waals surface area contributed by atoms with Crippen LogP contribution in [-0.4, -0.2) is 54.3 Å². The highest BCUT2D eigenvalue weighted by Crippen LogP contribution is 2.27. The van der Waals surface area contributed by atoms with Crippen molar-refractivity contribution < 1.29 is 33.8 Å². The Morgan fingerprint density at radius 2 is 1.64 bits per heavy atom. The molecule has 0 aliphatic carbocycles. The molecular weight excluding hydrogens is 513 g/mol. The Morgan fingerprint density at radius 1 is 1.00 bits per heavy atom. The molecule has 194 valence electrons. The van der Waals surface area contributed by atoms with Crippen LogP contribution in [0.15, 0.2) is 36.4 Å². The Balaban J connectivity index is 2.11. The van der Waals surface area contributed by atoms with Crippen LogP contribution in [0.3, 0.4) is 0 Å². The number of phenolic OH excluding ortho intramolecular Hbond substituents is 1. The van der Waals surface area contributed by atoms with Crippen molar-refractivity contribution in [1.29, 1.82) is 0 Å². The first-order chi connectivity index (χ1) is 16.8. The molecule has 36 heavy (non-hydrogen) atoms. The molecule has 0 aliphatic rings. The van der Waals surface area contributed by atoms with Gasteiger partial charge in [0.05, 0.1) is 29.3 Å². The third-order valence-electron chi connectivity index (χ3n) is 4.54. The molecule has 0 saturated heterocycles. The predicted molar refractivity (Wildman–Crippen MR) is 133 cm³/mol. The van der Waals surface area contributed by atoms with Gasteiger partial charge in [-0.3, -0.25) is 9.59 Å². The van der Waals surface area contributed by atoms with E-state index in [1.165, 1.54) is 24.3 Å². The fourth-order valence-electron chi connectivity index (χ4n) is 2.94. The van der Waals surface area contributed by atoms with Gasteiger partial charge in [-0.2, -0.15) is 0 Å². The highest BCUT2D eigenvalue weighted by Gasteiger charge is 2.27. The molecule has 0 saturated carbocycles. The van der Waals surface area contributed by atoms with Crippen LogP contribution in [-0.2, 0) is 20.8 Å². The van der Waals surface area contributed by atoms with Gasteiger partial charge in [0, 0.05) is 12.1 Å². The number of halogens is 2. The molecule has 0 unspecified atom stereocenters. The minimum absolute atomic E-state index is 0.0646. The van der Waals surface area contributed by atoms with Gasteiger partial charge in [0.15, 0.2) is 0 Å². The second-order valence-corrected chi connectivity index (χ2v) is 9.41. The largest absolute Gasteiger partial charge is 0.508 e. The van der Waals surface area contributed by atoms with Gasteiger partial charge in [0.2, 0.25) is 0 Å². The van der Waals surface area contributed by atoms with Crippen molar-refractivity contribution in [1.82, 2.24) is 16.0 Å². The molecule has 2 aromatic rings. The molecule has 0 aliphatic heterocycles. The van der Waals surface area contributed by atoms with Crippen molar-refractivity contribution in [2.75, 3.05) is 13.7 Å². The van der Waals surface area contributed by atoms with Crippen molar-refractivity contribution in [3.8, 4) is 5.75 Å². The molecule has 0 spiro atoms. The number of esters is 1. The molecule has 2 aromatic carbocycles. The van der Waals surface area contributed by atoms with E-state index >= 15 is 0 Å². The van der Waals surface area contributed by atoms with Crippen molar-refractivity contribution in [2.24, 2.45) is 0 Å². The highest BCUT2D eigenvalue weighted by atomic mass is 35.5. The van der Waals surface area contributed by atoms with E-state index in [-0.39, 0.29) is 40.0 Å². The molecule has 0 radical (unpaired) electrons. The van der Waals surface area contributed by atoms with Crippen LogP contribution in [0.25, 0.3) is 0 Å². The summed E-state index contributed by atoms with van der Waals surface area (Å²) in [6.07, 6.45) is -0.789. The lowest BCUT2D eigenvalue weighted by Crippen LogP contribution is -2.49. The summed E-state index contributed by atoms with van der Waals surface area (Å²) in [5.41, 5.74) is -0.163. The Morgan fingerprint density at radius 3 is 2.19 bits per heavy atom.